The fraction of sp³-hybridized carbons (Fsp3) is 0.412. The average molecular weight is 394 g/mol. The van der Waals surface area contributed by atoms with Crippen LogP contribution in [0.1, 0.15) is 31.4 Å². The van der Waals surface area contributed by atoms with Gasteiger partial charge in [-0.15, -0.1) is 10.2 Å². The highest BCUT2D eigenvalue weighted by Crippen LogP contribution is 2.25. The Morgan fingerprint density at radius 1 is 1.27 bits per heavy atom. The lowest BCUT2D eigenvalue weighted by Crippen LogP contribution is -2.04. The number of ether oxygens (including phenoxy) is 1. The number of thioether (sulfide) groups is 1. The summed E-state index contributed by atoms with van der Waals surface area (Å²) in [6, 6.07) is 7.33. The minimum absolute atomic E-state index is 0.286. The Balaban J connectivity index is 1.57. The van der Waals surface area contributed by atoms with E-state index >= 15 is 0 Å². The second-order valence-electron chi connectivity index (χ2n) is 6.17. The van der Waals surface area contributed by atoms with Crippen LogP contribution in [0.15, 0.2) is 33.9 Å². The summed E-state index contributed by atoms with van der Waals surface area (Å²) in [5.41, 5.74) is 0. The highest BCUT2D eigenvalue weighted by molar-refractivity contribution is 7.98. The first-order valence-electron chi connectivity index (χ1n) is 8.22. The number of nitrogens with zero attached hydrogens (tertiary/aromatic N) is 5. The van der Waals surface area contributed by atoms with Gasteiger partial charge in [0, 0.05) is 13.5 Å². The van der Waals surface area contributed by atoms with Crippen LogP contribution in [-0.4, -0.2) is 24.9 Å². The molecule has 3 aromatic rings. The molecule has 9 heteroatoms. The van der Waals surface area contributed by atoms with Crippen molar-refractivity contribution in [2.75, 3.05) is 0 Å². The molecule has 0 aliphatic heterocycles. The molecule has 0 amide bonds. The van der Waals surface area contributed by atoms with Gasteiger partial charge in [0.2, 0.25) is 5.89 Å². The third kappa shape index (κ3) is 4.76. The van der Waals surface area contributed by atoms with E-state index in [2.05, 4.69) is 34.2 Å². The Bertz CT molecular complexity index is 864. The first-order chi connectivity index (χ1) is 12.5. The zero-order valence-electron chi connectivity index (χ0n) is 14.8. The highest BCUT2D eigenvalue weighted by Gasteiger charge is 2.13. The second-order valence-corrected chi connectivity index (χ2v) is 7.52. The normalized spacial score (nSPS) is 11.3. The van der Waals surface area contributed by atoms with Crippen molar-refractivity contribution >= 4 is 23.4 Å². The van der Waals surface area contributed by atoms with Crippen molar-refractivity contribution in [3.63, 3.8) is 0 Å². The highest BCUT2D eigenvalue weighted by atomic mass is 35.5. The molecule has 0 atom stereocenters. The van der Waals surface area contributed by atoms with Crippen molar-refractivity contribution in [2.24, 2.45) is 13.0 Å². The molecule has 0 spiro atoms. The second kappa shape index (κ2) is 8.55. The predicted octanol–water partition coefficient (Wildman–Crippen LogP) is 3.92. The topological polar surface area (TPSA) is 78.9 Å². The summed E-state index contributed by atoms with van der Waals surface area (Å²) in [5.74, 6) is 3.70. The van der Waals surface area contributed by atoms with Crippen LogP contribution in [-0.2, 0) is 25.8 Å². The van der Waals surface area contributed by atoms with Gasteiger partial charge in [0.25, 0.3) is 0 Å². The van der Waals surface area contributed by atoms with E-state index < -0.39 is 0 Å². The van der Waals surface area contributed by atoms with Gasteiger partial charge >= 0.3 is 0 Å². The van der Waals surface area contributed by atoms with Crippen LogP contribution >= 0.6 is 23.4 Å². The van der Waals surface area contributed by atoms with Crippen molar-refractivity contribution in [3.05, 3.63) is 46.8 Å². The number of hydrogen-bond donors (Lipinski definition) is 0. The molecular weight excluding hydrogens is 374 g/mol. The van der Waals surface area contributed by atoms with Gasteiger partial charge in [0.1, 0.15) is 12.4 Å². The van der Waals surface area contributed by atoms with Gasteiger partial charge in [-0.2, -0.15) is 4.98 Å². The molecule has 2 aromatic heterocycles. The number of rotatable bonds is 8. The molecule has 3 rings (SSSR count). The van der Waals surface area contributed by atoms with Gasteiger partial charge in [-0.05, 0) is 18.1 Å². The van der Waals surface area contributed by atoms with E-state index in [4.69, 9.17) is 20.9 Å². The van der Waals surface area contributed by atoms with Gasteiger partial charge in [0.05, 0.1) is 10.8 Å². The Labute approximate surface area is 161 Å². The zero-order valence-corrected chi connectivity index (χ0v) is 16.4. The van der Waals surface area contributed by atoms with E-state index in [0.29, 0.717) is 40.0 Å². The average Bonchev–Trinajstić information content (AvgIpc) is 3.18. The summed E-state index contributed by atoms with van der Waals surface area (Å²) in [6.07, 6.45) is 0.783. The molecule has 0 saturated heterocycles. The Hall–Kier alpha value is -2.06. The molecule has 0 aliphatic carbocycles. The van der Waals surface area contributed by atoms with Crippen LogP contribution in [0, 0.1) is 5.92 Å². The third-order valence-electron chi connectivity index (χ3n) is 3.54. The summed E-state index contributed by atoms with van der Waals surface area (Å²) in [6.45, 7) is 4.52. The summed E-state index contributed by atoms with van der Waals surface area (Å²) >= 11 is 7.59. The summed E-state index contributed by atoms with van der Waals surface area (Å²) in [5, 5.41) is 13.7. The van der Waals surface area contributed by atoms with Gasteiger partial charge in [-0.3, -0.25) is 0 Å². The van der Waals surface area contributed by atoms with Gasteiger partial charge in [-0.25, -0.2) is 0 Å². The Kier molecular flexibility index (Phi) is 6.16. The third-order valence-corrected chi connectivity index (χ3v) is 4.87. The van der Waals surface area contributed by atoms with E-state index in [1.54, 1.807) is 6.07 Å². The lowest BCUT2D eigenvalue weighted by Gasteiger charge is -2.07. The van der Waals surface area contributed by atoms with Gasteiger partial charge < -0.3 is 13.8 Å². The van der Waals surface area contributed by atoms with Crippen molar-refractivity contribution in [2.45, 2.75) is 37.8 Å². The molecule has 0 N–H and O–H groups in total. The van der Waals surface area contributed by atoms with Gasteiger partial charge in [-0.1, -0.05) is 54.5 Å². The summed E-state index contributed by atoms with van der Waals surface area (Å²) in [4.78, 5) is 4.39. The van der Waals surface area contributed by atoms with E-state index in [0.717, 1.165) is 11.6 Å². The largest absolute Gasteiger partial charge is 0.484 e. The van der Waals surface area contributed by atoms with E-state index in [-0.39, 0.29) is 6.61 Å². The maximum absolute atomic E-state index is 6.09. The Morgan fingerprint density at radius 3 is 2.85 bits per heavy atom. The molecule has 0 saturated carbocycles. The molecule has 26 heavy (non-hydrogen) atoms. The molecule has 7 nitrogen and oxygen atoms in total. The standard InChI is InChI=1S/C17H20ClN5O2S/c1-11(2)8-16-19-14(22-25-16)10-26-17-21-20-15(23(17)3)9-24-13-7-5-4-6-12(13)18/h4-7,11H,8-10H2,1-3H3. The first-order valence-corrected chi connectivity index (χ1v) is 9.59. The predicted molar refractivity (Wildman–Crippen MR) is 99.2 cm³/mol. The number of hydrogen-bond acceptors (Lipinski definition) is 7. The smallest absolute Gasteiger partial charge is 0.226 e. The van der Waals surface area contributed by atoms with Crippen molar-refractivity contribution in [1.29, 1.82) is 0 Å². The Morgan fingerprint density at radius 2 is 2.08 bits per heavy atom. The van der Waals surface area contributed by atoms with Crippen LogP contribution in [0.3, 0.4) is 0 Å². The van der Waals surface area contributed by atoms with Crippen LogP contribution < -0.4 is 4.74 Å². The molecule has 0 bridgehead atoms. The summed E-state index contributed by atoms with van der Waals surface area (Å²) in [7, 11) is 1.90. The molecule has 0 aliphatic rings. The molecule has 0 fully saturated rings. The quantitative estimate of drug-likeness (QED) is 0.536. The number of benzene rings is 1. The molecule has 138 valence electrons. The molecule has 0 unspecified atom stereocenters. The number of halogens is 1. The maximum atomic E-state index is 6.09. The minimum atomic E-state index is 0.286. The number of para-hydroxylation sites is 1. The fourth-order valence-electron chi connectivity index (χ4n) is 2.21. The first kappa shape index (κ1) is 18.7. The van der Waals surface area contributed by atoms with E-state index in [1.165, 1.54) is 11.8 Å². The van der Waals surface area contributed by atoms with Crippen molar-refractivity contribution in [3.8, 4) is 5.75 Å². The van der Waals surface area contributed by atoms with E-state index in [9.17, 15) is 0 Å². The molecule has 2 heterocycles. The van der Waals surface area contributed by atoms with E-state index in [1.807, 2.05) is 29.8 Å². The zero-order chi connectivity index (χ0) is 18.5. The lowest BCUT2D eigenvalue weighted by atomic mass is 10.1. The molecular formula is C17H20ClN5O2S. The van der Waals surface area contributed by atoms with Crippen LogP contribution in [0.25, 0.3) is 0 Å². The van der Waals surface area contributed by atoms with Crippen LogP contribution in [0.2, 0.25) is 5.02 Å². The van der Waals surface area contributed by atoms with Crippen molar-refractivity contribution < 1.29 is 9.26 Å². The van der Waals surface area contributed by atoms with Crippen LogP contribution in [0.5, 0.6) is 5.75 Å². The monoisotopic (exact) mass is 393 g/mol. The fourth-order valence-corrected chi connectivity index (χ4v) is 3.17. The number of aromatic nitrogens is 5. The SMILES string of the molecule is CC(C)Cc1nc(CSc2nnc(COc3ccccc3Cl)n2C)no1. The minimum Gasteiger partial charge on any atom is -0.484 e. The molecule has 0 radical (unpaired) electrons. The lowest BCUT2D eigenvalue weighted by molar-refractivity contribution is 0.290. The maximum Gasteiger partial charge on any atom is 0.226 e. The van der Waals surface area contributed by atoms with Crippen LogP contribution in [0.4, 0.5) is 0 Å². The summed E-state index contributed by atoms with van der Waals surface area (Å²) < 4.78 is 12.8. The molecule has 1 aromatic carbocycles. The van der Waals surface area contributed by atoms with Crippen molar-refractivity contribution in [1.82, 2.24) is 24.9 Å². The van der Waals surface area contributed by atoms with Gasteiger partial charge in [0.15, 0.2) is 16.8 Å².